The van der Waals surface area contributed by atoms with Gasteiger partial charge in [-0.15, -0.1) is 0 Å². The summed E-state index contributed by atoms with van der Waals surface area (Å²) in [5, 5.41) is 0. The van der Waals surface area contributed by atoms with Crippen molar-refractivity contribution in [2.45, 2.75) is 11.8 Å². The van der Waals surface area contributed by atoms with E-state index >= 15 is 0 Å². The molecule has 6 heteroatoms. The molecule has 0 spiro atoms. The molecule has 2 N–H and O–H groups in total. The minimum atomic E-state index is -3.99. The molecule has 0 atom stereocenters. The molecule has 2 aromatic rings. The van der Waals surface area contributed by atoms with Gasteiger partial charge in [0.05, 0.1) is 5.69 Å². The Balaban J connectivity index is 2.57. The lowest BCUT2D eigenvalue weighted by Gasteiger charge is -2.20. The third-order valence-electron chi connectivity index (χ3n) is 3.00. The number of halogens is 1. The molecule has 20 heavy (non-hydrogen) atoms. The van der Waals surface area contributed by atoms with Gasteiger partial charge in [-0.05, 0) is 36.8 Å². The average molecular weight is 294 g/mol. The highest BCUT2D eigenvalue weighted by Gasteiger charge is 2.26. The largest absolute Gasteiger partial charge is 0.399 e. The van der Waals surface area contributed by atoms with Crippen molar-refractivity contribution in [2.75, 3.05) is 17.1 Å². The molecule has 2 aromatic carbocycles. The van der Waals surface area contributed by atoms with Gasteiger partial charge in [0.2, 0.25) is 0 Å². The Hall–Kier alpha value is -2.08. The molecule has 0 fully saturated rings. The maximum Gasteiger partial charge on any atom is 0.267 e. The molecular weight excluding hydrogens is 279 g/mol. The van der Waals surface area contributed by atoms with Crippen molar-refractivity contribution in [3.63, 3.8) is 0 Å². The first-order chi connectivity index (χ1) is 9.34. The number of benzene rings is 2. The highest BCUT2D eigenvalue weighted by atomic mass is 32.2. The standard InChI is InChI=1S/C14H15FN2O2S/c1-10-8-11(16)9-13(14(10)15)20(18,19)17(2)12-6-4-3-5-7-12/h3-9H,16H2,1-2H3. The molecule has 2 rings (SSSR count). The van der Waals surface area contributed by atoms with E-state index in [-0.39, 0.29) is 11.3 Å². The Labute approximate surface area is 117 Å². The van der Waals surface area contributed by atoms with Crippen molar-refractivity contribution in [3.05, 3.63) is 53.8 Å². The highest BCUT2D eigenvalue weighted by molar-refractivity contribution is 7.92. The van der Waals surface area contributed by atoms with Crippen LogP contribution in [0.4, 0.5) is 15.8 Å². The third-order valence-corrected chi connectivity index (χ3v) is 4.79. The number of hydrogen-bond acceptors (Lipinski definition) is 3. The summed E-state index contributed by atoms with van der Waals surface area (Å²) in [6, 6.07) is 11.0. The monoisotopic (exact) mass is 294 g/mol. The summed E-state index contributed by atoms with van der Waals surface area (Å²) in [5.41, 5.74) is 6.48. The van der Waals surface area contributed by atoms with Crippen LogP contribution in [0.1, 0.15) is 5.56 Å². The Bertz CT molecular complexity index is 730. The third kappa shape index (κ3) is 2.46. The van der Waals surface area contributed by atoms with Gasteiger partial charge in [-0.1, -0.05) is 18.2 Å². The second-order valence-corrected chi connectivity index (χ2v) is 6.40. The normalized spacial score (nSPS) is 11.3. The fourth-order valence-corrected chi connectivity index (χ4v) is 3.24. The van der Waals surface area contributed by atoms with Crippen molar-refractivity contribution in [1.82, 2.24) is 0 Å². The van der Waals surface area contributed by atoms with Gasteiger partial charge >= 0.3 is 0 Å². The van der Waals surface area contributed by atoms with E-state index in [9.17, 15) is 12.8 Å². The van der Waals surface area contributed by atoms with Gasteiger partial charge in [0.1, 0.15) is 10.7 Å². The van der Waals surface area contributed by atoms with Crippen LogP contribution in [0.2, 0.25) is 0 Å². The molecule has 0 saturated carbocycles. The zero-order valence-electron chi connectivity index (χ0n) is 11.2. The van der Waals surface area contributed by atoms with Crippen molar-refractivity contribution >= 4 is 21.4 Å². The van der Waals surface area contributed by atoms with Crippen LogP contribution in [-0.2, 0) is 10.0 Å². The van der Waals surface area contributed by atoms with E-state index in [1.807, 2.05) is 0 Å². The first-order valence-electron chi connectivity index (χ1n) is 5.93. The van der Waals surface area contributed by atoms with E-state index in [1.54, 1.807) is 30.3 Å². The Morgan fingerprint density at radius 2 is 1.75 bits per heavy atom. The average Bonchev–Trinajstić information content (AvgIpc) is 2.42. The van der Waals surface area contributed by atoms with E-state index in [0.717, 1.165) is 10.4 Å². The number of nitrogens with two attached hydrogens (primary N) is 1. The zero-order chi connectivity index (χ0) is 14.9. The number of para-hydroxylation sites is 1. The Morgan fingerprint density at radius 3 is 2.35 bits per heavy atom. The van der Waals surface area contributed by atoms with Gasteiger partial charge < -0.3 is 5.73 Å². The van der Waals surface area contributed by atoms with Gasteiger partial charge in [0.25, 0.3) is 10.0 Å². The maximum absolute atomic E-state index is 14.1. The van der Waals surface area contributed by atoms with Crippen LogP contribution in [0.15, 0.2) is 47.4 Å². The minimum absolute atomic E-state index is 0.199. The fraction of sp³-hybridized carbons (Fsp3) is 0.143. The number of aryl methyl sites for hydroxylation is 1. The number of hydrogen-bond donors (Lipinski definition) is 1. The lowest BCUT2D eigenvalue weighted by molar-refractivity contribution is 0.561. The number of rotatable bonds is 3. The smallest absolute Gasteiger partial charge is 0.267 e. The summed E-state index contributed by atoms with van der Waals surface area (Å²) < 4.78 is 40.1. The molecule has 0 aliphatic rings. The van der Waals surface area contributed by atoms with E-state index in [0.29, 0.717) is 5.69 Å². The van der Waals surface area contributed by atoms with E-state index in [2.05, 4.69) is 0 Å². The maximum atomic E-state index is 14.1. The van der Waals surface area contributed by atoms with Gasteiger partial charge in [0.15, 0.2) is 0 Å². The molecule has 0 aromatic heterocycles. The zero-order valence-corrected chi connectivity index (χ0v) is 12.0. The lowest BCUT2D eigenvalue weighted by atomic mass is 10.2. The molecule has 0 bridgehead atoms. The van der Waals surface area contributed by atoms with Crippen LogP contribution in [-0.4, -0.2) is 15.5 Å². The summed E-state index contributed by atoms with van der Waals surface area (Å²) in [4.78, 5) is -0.415. The second kappa shape index (κ2) is 5.13. The first-order valence-corrected chi connectivity index (χ1v) is 7.37. The molecule has 4 nitrogen and oxygen atoms in total. The highest BCUT2D eigenvalue weighted by Crippen LogP contribution is 2.27. The van der Waals surface area contributed by atoms with Gasteiger partial charge in [-0.3, -0.25) is 4.31 Å². The predicted molar refractivity (Wildman–Crippen MR) is 77.6 cm³/mol. The molecule has 0 amide bonds. The molecule has 0 unspecified atom stereocenters. The SMILES string of the molecule is Cc1cc(N)cc(S(=O)(=O)N(C)c2ccccc2)c1F. The second-order valence-electron chi connectivity index (χ2n) is 4.46. The summed E-state index contributed by atoms with van der Waals surface area (Å²) in [5.74, 6) is -0.776. The van der Waals surface area contributed by atoms with Crippen molar-refractivity contribution in [3.8, 4) is 0 Å². The van der Waals surface area contributed by atoms with E-state index in [1.165, 1.54) is 20.0 Å². The number of nitrogen functional groups attached to an aromatic ring is 1. The van der Waals surface area contributed by atoms with Gasteiger partial charge in [-0.2, -0.15) is 0 Å². The van der Waals surface area contributed by atoms with Gasteiger partial charge in [-0.25, -0.2) is 12.8 Å². The van der Waals surface area contributed by atoms with E-state index in [4.69, 9.17) is 5.73 Å². The van der Waals surface area contributed by atoms with Crippen LogP contribution in [0, 0.1) is 12.7 Å². The number of anilines is 2. The molecule has 106 valence electrons. The lowest BCUT2D eigenvalue weighted by Crippen LogP contribution is -2.27. The van der Waals surface area contributed by atoms with Crippen LogP contribution in [0.3, 0.4) is 0 Å². The Morgan fingerprint density at radius 1 is 1.15 bits per heavy atom. The van der Waals surface area contributed by atoms with Crippen molar-refractivity contribution in [1.29, 1.82) is 0 Å². The predicted octanol–water partition coefficient (Wildman–Crippen LogP) is 2.54. The molecular formula is C14H15FN2O2S. The molecule has 0 aliphatic heterocycles. The van der Waals surface area contributed by atoms with Crippen molar-refractivity contribution < 1.29 is 12.8 Å². The molecule has 0 aliphatic carbocycles. The van der Waals surface area contributed by atoms with Gasteiger partial charge in [0, 0.05) is 12.7 Å². The summed E-state index contributed by atoms with van der Waals surface area (Å²) >= 11 is 0. The number of nitrogens with zero attached hydrogens (tertiary/aromatic N) is 1. The van der Waals surface area contributed by atoms with Crippen LogP contribution >= 0.6 is 0 Å². The van der Waals surface area contributed by atoms with Crippen LogP contribution in [0.25, 0.3) is 0 Å². The van der Waals surface area contributed by atoms with E-state index < -0.39 is 20.7 Å². The summed E-state index contributed by atoms with van der Waals surface area (Å²) in [6.45, 7) is 1.48. The van der Waals surface area contributed by atoms with Crippen LogP contribution < -0.4 is 10.0 Å². The minimum Gasteiger partial charge on any atom is -0.399 e. The van der Waals surface area contributed by atoms with Crippen molar-refractivity contribution in [2.24, 2.45) is 0 Å². The molecule has 0 saturated heterocycles. The molecule has 0 radical (unpaired) electrons. The first kappa shape index (κ1) is 14.3. The summed E-state index contributed by atoms with van der Waals surface area (Å²) in [6.07, 6.45) is 0. The number of sulfonamides is 1. The Kier molecular flexibility index (Phi) is 3.67. The summed E-state index contributed by atoms with van der Waals surface area (Å²) in [7, 11) is -2.61. The topological polar surface area (TPSA) is 63.4 Å². The molecule has 0 heterocycles. The quantitative estimate of drug-likeness (QED) is 0.885. The fourth-order valence-electron chi connectivity index (χ4n) is 1.88. The van der Waals surface area contributed by atoms with Crippen LogP contribution in [0.5, 0.6) is 0 Å².